The molecule has 0 N–H and O–H groups in total. The Morgan fingerprint density at radius 3 is 2.93 bits per heavy atom. The molecule has 0 bridgehead atoms. The fourth-order valence-electron chi connectivity index (χ4n) is 1.48. The lowest BCUT2D eigenvalue weighted by molar-refractivity contribution is 0.628. The third-order valence-corrected chi connectivity index (χ3v) is 3.23. The van der Waals surface area contributed by atoms with Gasteiger partial charge in [0.25, 0.3) is 0 Å². The summed E-state index contributed by atoms with van der Waals surface area (Å²) in [5.74, 6) is 1.26. The topological polar surface area (TPSA) is 25.8 Å². The Kier molecular flexibility index (Phi) is 2.02. The van der Waals surface area contributed by atoms with E-state index in [0.29, 0.717) is 5.92 Å². The molecule has 0 aliphatic heterocycles. The van der Waals surface area contributed by atoms with Crippen molar-refractivity contribution in [2.24, 2.45) is 0 Å². The number of nitrogens with zero attached hydrogens (tertiary/aromatic N) is 2. The van der Waals surface area contributed by atoms with Gasteiger partial charge in [-0.25, -0.2) is 9.37 Å². The predicted octanol–water partition coefficient (Wildman–Crippen LogP) is 3.22. The average molecular weight is 220 g/mol. The molecule has 1 aromatic carbocycles. The maximum atomic E-state index is 13.0. The molecule has 4 heteroatoms. The van der Waals surface area contributed by atoms with Crippen molar-refractivity contribution in [3.63, 3.8) is 0 Å². The van der Waals surface area contributed by atoms with Crippen LogP contribution in [0.3, 0.4) is 0 Å². The van der Waals surface area contributed by atoms with Crippen LogP contribution in [0, 0.1) is 5.82 Å². The Bertz CT molecular complexity index is 491. The molecule has 0 radical (unpaired) electrons. The first-order valence-electron chi connectivity index (χ1n) is 4.92. The molecule has 1 aliphatic rings. The van der Waals surface area contributed by atoms with Gasteiger partial charge in [-0.2, -0.15) is 4.37 Å². The van der Waals surface area contributed by atoms with Crippen molar-refractivity contribution in [2.75, 3.05) is 0 Å². The van der Waals surface area contributed by atoms with Gasteiger partial charge in [0.15, 0.2) is 0 Å². The number of hydrogen-bond acceptors (Lipinski definition) is 3. The van der Waals surface area contributed by atoms with E-state index in [4.69, 9.17) is 0 Å². The van der Waals surface area contributed by atoms with Crippen LogP contribution in [0.1, 0.15) is 24.6 Å². The van der Waals surface area contributed by atoms with E-state index in [1.807, 2.05) is 6.07 Å². The molecule has 2 aromatic rings. The van der Waals surface area contributed by atoms with Crippen LogP contribution in [-0.4, -0.2) is 9.36 Å². The van der Waals surface area contributed by atoms with E-state index in [2.05, 4.69) is 9.36 Å². The molecule has 1 fully saturated rings. The van der Waals surface area contributed by atoms with Crippen molar-refractivity contribution < 1.29 is 4.39 Å². The Morgan fingerprint density at radius 2 is 2.20 bits per heavy atom. The van der Waals surface area contributed by atoms with Crippen molar-refractivity contribution in [1.82, 2.24) is 9.36 Å². The van der Waals surface area contributed by atoms with Crippen LogP contribution in [0.15, 0.2) is 24.3 Å². The Hall–Kier alpha value is -1.29. The second-order valence-corrected chi connectivity index (χ2v) is 4.49. The molecule has 0 unspecified atom stereocenters. The maximum Gasteiger partial charge on any atom is 0.146 e. The minimum atomic E-state index is -0.226. The second-order valence-electron chi connectivity index (χ2n) is 3.74. The molecule has 1 aromatic heterocycles. The summed E-state index contributed by atoms with van der Waals surface area (Å²) < 4.78 is 17.3. The van der Waals surface area contributed by atoms with Gasteiger partial charge < -0.3 is 0 Å². The number of benzene rings is 1. The SMILES string of the molecule is Fc1cccc(-c2nc(C3CC3)ns2)c1. The molecule has 0 amide bonds. The standard InChI is InChI=1S/C11H9FN2S/c12-9-3-1-2-8(6-9)11-13-10(14-15-11)7-4-5-7/h1-3,6-7H,4-5H2. The third-order valence-electron chi connectivity index (χ3n) is 2.46. The highest BCUT2D eigenvalue weighted by atomic mass is 32.1. The first-order chi connectivity index (χ1) is 7.33. The van der Waals surface area contributed by atoms with Crippen LogP contribution in [0.5, 0.6) is 0 Å². The Labute approximate surface area is 91.0 Å². The van der Waals surface area contributed by atoms with Gasteiger partial charge in [-0.1, -0.05) is 12.1 Å². The largest absolute Gasteiger partial charge is 0.219 e. The predicted molar refractivity (Wildman–Crippen MR) is 57.3 cm³/mol. The minimum Gasteiger partial charge on any atom is -0.219 e. The molecule has 76 valence electrons. The lowest BCUT2D eigenvalue weighted by Crippen LogP contribution is -1.82. The summed E-state index contributed by atoms with van der Waals surface area (Å²) in [6.45, 7) is 0. The molecular weight excluding hydrogens is 211 g/mol. The quantitative estimate of drug-likeness (QED) is 0.776. The van der Waals surface area contributed by atoms with Crippen LogP contribution < -0.4 is 0 Å². The fraction of sp³-hybridized carbons (Fsp3) is 0.273. The monoisotopic (exact) mass is 220 g/mol. The number of halogens is 1. The van der Waals surface area contributed by atoms with E-state index in [1.165, 1.54) is 36.5 Å². The Morgan fingerprint density at radius 1 is 1.33 bits per heavy atom. The molecular formula is C11H9FN2S. The van der Waals surface area contributed by atoms with Gasteiger partial charge in [0.05, 0.1) is 0 Å². The average Bonchev–Trinajstić information content (AvgIpc) is 2.97. The van der Waals surface area contributed by atoms with Crippen molar-refractivity contribution >= 4 is 11.5 Å². The zero-order valence-electron chi connectivity index (χ0n) is 7.98. The van der Waals surface area contributed by atoms with Gasteiger partial charge in [0.1, 0.15) is 16.6 Å². The van der Waals surface area contributed by atoms with Crippen molar-refractivity contribution in [3.05, 3.63) is 35.9 Å². The number of hydrogen-bond donors (Lipinski definition) is 0. The van der Waals surface area contributed by atoms with E-state index in [9.17, 15) is 4.39 Å². The van der Waals surface area contributed by atoms with Crippen molar-refractivity contribution in [2.45, 2.75) is 18.8 Å². The molecule has 2 nitrogen and oxygen atoms in total. The zero-order valence-corrected chi connectivity index (χ0v) is 8.80. The fourth-order valence-corrected chi connectivity index (χ4v) is 2.22. The second kappa shape index (κ2) is 3.38. The van der Waals surface area contributed by atoms with E-state index < -0.39 is 0 Å². The summed E-state index contributed by atoms with van der Waals surface area (Å²) in [7, 11) is 0. The minimum absolute atomic E-state index is 0.226. The van der Waals surface area contributed by atoms with Crippen LogP contribution in [0.4, 0.5) is 4.39 Å². The molecule has 1 saturated carbocycles. The van der Waals surface area contributed by atoms with Gasteiger partial charge in [0.2, 0.25) is 0 Å². The van der Waals surface area contributed by atoms with Crippen LogP contribution in [0.2, 0.25) is 0 Å². The molecule has 1 aliphatic carbocycles. The maximum absolute atomic E-state index is 13.0. The first kappa shape index (κ1) is 8.97. The molecule has 0 spiro atoms. The zero-order chi connectivity index (χ0) is 10.3. The van der Waals surface area contributed by atoms with E-state index in [0.717, 1.165) is 16.4 Å². The van der Waals surface area contributed by atoms with Crippen molar-refractivity contribution in [1.29, 1.82) is 0 Å². The summed E-state index contributed by atoms with van der Waals surface area (Å²) in [5.41, 5.74) is 0.819. The summed E-state index contributed by atoms with van der Waals surface area (Å²) in [6.07, 6.45) is 2.39. The molecule has 3 rings (SSSR count). The van der Waals surface area contributed by atoms with Crippen LogP contribution in [0.25, 0.3) is 10.6 Å². The lowest BCUT2D eigenvalue weighted by atomic mass is 10.2. The summed E-state index contributed by atoms with van der Waals surface area (Å²) in [4.78, 5) is 4.42. The van der Waals surface area contributed by atoms with Crippen LogP contribution in [-0.2, 0) is 0 Å². The Balaban J connectivity index is 1.97. The highest BCUT2D eigenvalue weighted by Gasteiger charge is 2.27. The highest BCUT2D eigenvalue weighted by Crippen LogP contribution is 2.39. The van der Waals surface area contributed by atoms with Gasteiger partial charge >= 0.3 is 0 Å². The molecule has 0 atom stereocenters. The molecule has 15 heavy (non-hydrogen) atoms. The lowest BCUT2D eigenvalue weighted by Gasteiger charge is -1.94. The number of aromatic nitrogens is 2. The summed E-state index contributed by atoms with van der Waals surface area (Å²) in [6, 6.07) is 6.49. The first-order valence-corrected chi connectivity index (χ1v) is 5.70. The molecule has 0 saturated heterocycles. The van der Waals surface area contributed by atoms with Gasteiger partial charge in [-0.05, 0) is 36.5 Å². The summed E-state index contributed by atoms with van der Waals surface area (Å²) in [5, 5.41) is 0.816. The van der Waals surface area contributed by atoms with Gasteiger partial charge in [-0.3, -0.25) is 0 Å². The third kappa shape index (κ3) is 1.77. The van der Waals surface area contributed by atoms with Crippen molar-refractivity contribution in [3.8, 4) is 10.6 Å². The summed E-state index contributed by atoms with van der Waals surface area (Å²) >= 11 is 1.35. The van der Waals surface area contributed by atoms with E-state index in [-0.39, 0.29) is 5.82 Å². The highest BCUT2D eigenvalue weighted by molar-refractivity contribution is 7.09. The van der Waals surface area contributed by atoms with E-state index >= 15 is 0 Å². The normalized spacial score (nSPS) is 15.5. The van der Waals surface area contributed by atoms with E-state index in [1.54, 1.807) is 6.07 Å². The van der Waals surface area contributed by atoms with Gasteiger partial charge in [0, 0.05) is 11.5 Å². The van der Waals surface area contributed by atoms with Crippen LogP contribution >= 0.6 is 11.5 Å². The molecule has 1 heterocycles. The van der Waals surface area contributed by atoms with Gasteiger partial charge in [-0.15, -0.1) is 0 Å². The number of rotatable bonds is 2. The smallest absolute Gasteiger partial charge is 0.146 e.